The van der Waals surface area contributed by atoms with Crippen molar-refractivity contribution in [1.29, 1.82) is 0 Å². The summed E-state index contributed by atoms with van der Waals surface area (Å²) in [4.78, 5) is 55.1. The van der Waals surface area contributed by atoms with Gasteiger partial charge in [0.25, 0.3) is 0 Å². The number of halogens is 5. The molecule has 0 aliphatic heterocycles. The van der Waals surface area contributed by atoms with Gasteiger partial charge in [0.05, 0.1) is 24.8 Å². The standard InChI is InChI=1S/C16H22BrFN2O4.C10H19NO4.C6H4BrClFN/c1-15(2,3)23-13(21)20(14(22)24-16(4,5)6)9-10-7-12(17)19-8-11(10)18;1-9(2,3)14-7(12)11-8(13)15-10(4,5)6;7-6-1-4(2-8)5(9)3-10-6/h7-8H,9H2,1-6H3;1-6H3,(H,11,12,13);1,3H,2H2. The van der Waals surface area contributed by atoms with E-state index in [0.717, 1.165) is 17.3 Å². The monoisotopic (exact) mass is 844 g/mol. The Labute approximate surface area is 308 Å². The SMILES string of the molecule is CC(C)(C)OC(=O)N(Cc1cc(Br)ncc1F)C(=O)OC(C)(C)C.CC(C)(C)OC(=O)NC(=O)OC(C)(C)C.Fc1cnc(Br)cc1CCl. The van der Waals surface area contributed by atoms with Gasteiger partial charge in [0, 0.05) is 11.1 Å². The molecule has 2 rings (SSSR count). The summed E-state index contributed by atoms with van der Waals surface area (Å²) in [5.74, 6) is -0.832. The molecule has 2 aromatic rings. The van der Waals surface area contributed by atoms with E-state index in [1.54, 1.807) is 89.2 Å². The number of alkyl carbamates (subject to hydrolysis) is 2. The molecule has 0 aromatic carbocycles. The first-order valence-electron chi connectivity index (χ1n) is 14.6. The molecule has 49 heavy (non-hydrogen) atoms. The predicted octanol–water partition coefficient (Wildman–Crippen LogP) is 9.82. The quantitative estimate of drug-likeness (QED) is 0.180. The second-order valence-corrected chi connectivity index (χ2v) is 15.9. The van der Waals surface area contributed by atoms with E-state index in [0.29, 0.717) is 14.8 Å². The van der Waals surface area contributed by atoms with E-state index in [2.05, 4.69) is 41.8 Å². The van der Waals surface area contributed by atoms with Crippen LogP contribution in [0.2, 0.25) is 0 Å². The minimum Gasteiger partial charge on any atom is -0.443 e. The normalized spacial score (nSPS) is 11.4. The largest absolute Gasteiger partial charge is 0.443 e. The molecule has 276 valence electrons. The summed E-state index contributed by atoms with van der Waals surface area (Å²) in [6, 6.07) is 2.94. The number of hydrogen-bond donors (Lipinski definition) is 1. The number of ether oxygens (including phenoxy) is 4. The summed E-state index contributed by atoms with van der Waals surface area (Å²) in [6.45, 7) is 19.9. The highest BCUT2D eigenvalue weighted by Gasteiger charge is 2.32. The fourth-order valence-electron chi connectivity index (χ4n) is 2.82. The molecular formula is C32H45Br2ClF2N4O8. The zero-order chi connectivity index (χ0) is 38.5. The molecule has 17 heteroatoms. The van der Waals surface area contributed by atoms with Gasteiger partial charge in [0.1, 0.15) is 43.2 Å². The van der Waals surface area contributed by atoms with Crippen molar-refractivity contribution in [2.45, 2.75) is 118 Å². The molecule has 0 fully saturated rings. The zero-order valence-electron chi connectivity index (χ0n) is 29.7. The molecule has 0 saturated carbocycles. The minimum absolute atomic E-state index is 0.105. The average molecular weight is 847 g/mol. The van der Waals surface area contributed by atoms with Crippen molar-refractivity contribution in [3.05, 3.63) is 56.5 Å². The second kappa shape index (κ2) is 19.3. The van der Waals surface area contributed by atoms with Gasteiger partial charge >= 0.3 is 24.4 Å². The number of hydrogen-bond acceptors (Lipinski definition) is 10. The molecule has 0 saturated heterocycles. The average Bonchev–Trinajstić information content (AvgIpc) is 2.86. The molecule has 2 heterocycles. The maximum absolute atomic E-state index is 13.9. The van der Waals surface area contributed by atoms with Gasteiger partial charge in [0.2, 0.25) is 0 Å². The number of imide groups is 2. The first-order chi connectivity index (χ1) is 22.0. The van der Waals surface area contributed by atoms with E-state index < -0.39 is 52.6 Å². The number of pyridine rings is 2. The van der Waals surface area contributed by atoms with Crippen LogP contribution in [0.3, 0.4) is 0 Å². The second-order valence-electron chi connectivity index (χ2n) is 14.0. The van der Waals surface area contributed by atoms with E-state index in [1.807, 2.05) is 5.32 Å². The topological polar surface area (TPSA) is 146 Å². The number of amides is 4. The molecule has 4 amide bonds. The Morgan fingerprint density at radius 1 is 0.673 bits per heavy atom. The summed E-state index contributed by atoms with van der Waals surface area (Å²) in [5.41, 5.74) is -2.32. The summed E-state index contributed by atoms with van der Waals surface area (Å²) in [7, 11) is 0. The highest BCUT2D eigenvalue weighted by Crippen LogP contribution is 2.20. The Morgan fingerprint density at radius 3 is 1.31 bits per heavy atom. The van der Waals surface area contributed by atoms with Crippen LogP contribution in [0.1, 0.15) is 94.2 Å². The van der Waals surface area contributed by atoms with Crippen molar-refractivity contribution in [3.8, 4) is 0 Å². The summed E-state index contributed by atoms with van der Waals surface area (Å²) >= 11 is 11.6. The highest BCUT2D eigenvalue weighted by atomic mass is 79.9. The number of alkyl halides is 1. The van der Waals surface area contributed by atoms with Gasteiger partial charge in [0.15, 0.2) is 0 Å². The lowest BCUT2D eigenvalue weighted by atomic mass is 10.2. The van der Waals surface area contributed by atoms with Crippen molar-refractivity contribution >= 4 is 67.8 Å². The number of carbonyl (C=O) groups is 4. The van der Waals surface area contributed by atoms with Crippen LogP contribution in [0.5, 0.6) is 0 Å². The summed E-state index contributed by atoms with van der Waals surface area (Å²) < 4.78 is 47.7. The number of nitrogens with zero attached hydrogens (tertiary/aromatic N) is 3. The maximum Gasteiger partial charge on any atom is 0.420 e. The van der Waals surface area contributed by atoms with E-state index in [-0.39, 0.29) is 23.8 Å². The molecule has 0 aliphatic carbocycles. The third kappa shape index (κ3) is 22.3. The van der Waals surface area contributed by atoms with Gasteiger partial charge in [-0.1, -0.05) is 0 Å². The Balaban J connectivity index is 0.000000782. The highest BCUT2D eigenvalue weighted by molar-refractivity contribution is 9.10. The van der Waals surface area contributed by atoms with Crippen molar-refractivity contribution in [3.63, 3.8) is 0 Å². The number of carbonyl (C=O) groups excluding carboxylic acids is 4. The molecular weight excluding hydrogens is 802 g/mol. The van der Waals surface area contributed by atoms with Crippen LogP contribution >= 0.6 is 43.5 Å². The van der Waals surface area contributed by atoms with Crippen LogP contribution in [0.15, 0.2) is 33.7 Å². The van der Waals surface area contributed by atoms with Crippen molar-refractivity contribution in [2.75, 3.05) is 0 Å². The van der Waals surface area contributed by atoms with Crippen LogP contribution in [0, 0.1) is 11.6 Å². The smallest absolute Gasteiger partial charge is 0.420 e. The van der Waals surface area contributed by atoms with E-state index in [9.17, 15) is 28.0 Å². The third-order valence-corrected chi connectivity index (χ3v) is 5.66. The lowest BCUT2D eigenvalue weighted by Crippen LogP contribution is -2.43. The van der Waals surface area contributed by atoms with Crippen LogP contribution in [-0.2, 0) is 31.4 Å². The van der Waals surface area contributed by atoms with E-state index in [1.165, 1.54) is 6.07 Å². The minimum atomic E-state index is -0.913. The van der Waals surface area contributed by atoms with Gasteiger partial charge in [-0.2, -0.15) is 0 Å². The van der Waals surface area contributed by atoms with Crippen LogP contribution in [0.25, 0.3) is 0 Å². The van der Waals surface area contributed by atoms with Crippen LogP contribution in [0.4, 0.5) is 28.0 Å². The number of aromatic nitrogens is 2. The Kier molecular flexibility index (Phi) is 18.1. The Hall–Kier alpha value is -3.11. The summed E-state index contributed by atoms with van der Waals surface area (Å²) in [6.07, 6.45) is -1.30. The third-order valence-electron chi connectivity index (χ3n) is 4.50. The van der Waals surface area contributed by atoms with Crippen molar-refractivity contribution in [1.82, 2.24) is 20.2 Å². The lowest BCUT2D eigenvalue weighted by Gasteiger charge is -2.28. The van der Waals surface area contributed by atoms with E-state index in [4.69, 9.17) is 30.5 Å². The van der Waals surface area contributed by atoms with Crippen molar-refractivity contribution < 1.29 is 46.9 Å². The Bertz CT molecular complexity index is 1390. The van der Waals surface area contributed by atoms with Gasteiger partial charge in [-0.3, -0.25) is 0 Å². The predicted molar refractivity (Wildman–Crippen MR) is 187 cm³/mol. The first kappa shape index (κ1) is 45.9. The summed E-state index contributed by atoms with van der Waals surface area (Å²) in [5, 5.41) is 1.97. The molecule has 2 aromatic heterocycles. The number of nitrogens with one attached hydrogen (secondary N) is 1. The molecule has 12 nitrogen and oxygen atoms in total. The zero-order valence-corrected chi connectivity index (χ0v) is 33.6. The fourth-order valence-corrected chi connectivity index (χ4v) is 3.79. The molecule has 0 aliphatic rings. The molecule has 1 N–H and O–H groups in total. The fraction of sp³-hybridized carbons (Fsp3) is 0.562. The lowest BCUT2D eigenvalue weighted by molar-refractivity contribution is -0.000547. The molecule has 0 spiro atoms. The van der Waals surface area contributed by atoms with Crippen molar-refractivity contribution in [2.24, 2.45) is 0 Å². The first-order valence-corrected chi connectivity index (χ1v) is 16.8. The van der Waals surface area contributed by atoms with Crippen LogP contribution in [-0.4, -0.2) is 61.6 Å². The molecule has 0 radical (unpaired) electrons. The van der Waals surface area contributed by atoms with E-state index >= 15 is 0 Å². The maximum atomic E-state index is 13.9. The van der Waals surface area contributed by atoms with Gasteiger partial charge in [-0.15, -0.1) is 11.6 Å². The van der Waals surface area contributed by atoms with Gasteiger partial charge < -0.3 is 18.9 Å². The van der Waals surface area contributed by atoms with Gasteiger partial charge in [-0.25, -0.2) is 48.1 Å². The molecule has 0 bridgehead atoms. The molecule has 0 unspecified atom stereocenters. The number of rotatable bonds is 3. The Morgan fingerprint density at radius 2 is 1.00 bits per heavy atom. The molecule has 0 atom stereocenters. The van der Waals surface area contributed by atoms with Gasteiger partial charge in [-0.05, 0) is 127 Å². The van der Waals surface area contributed by atoms with Crippen LogP contribution < -0.4 is 5.32 Å².